The summed E-state index contributed by atoms with van der Waals surface area (Å²) in [6, 6.07) is 3.59. The van der Waals surface area contributed by atoms with Crippen LogP contribution in [0.15, 0.2) is 23.1 Å². The van der Waals surface area contributed by atoms with E-state index in [1.54, 1.807) is 4.90 Å². The molecule has 7 nitrogen and oxygen atoms in total. The number of morpholine rings is 1. The Morgan fingerprint density at radius 3 is 2.36 bits per heavy atom. The zero-order valence-corrected chi connectivity index (χ0v) is 17.6. The van der Waals surface area contributed by atoms with Gasteiger partial charge in [-0.15, -0.1) is 12.4 Å². The molecule has 10 heteroatoms. The Morgan fingerprint density at radius 2 is 1.75 bits per heavy atom. The highest BCUT2D eigenvalue weighted by Crippen LogP contribution is 2.23. The fraction of sp³-hybridized carbons (Fsp3) is 0.611. The molecule has 1 amide bonds. The maximum Gasteiger partial charge on any atom is 0.253 e. The van der Waals surface area contributed by atoms with E-state index in [0.717, 1.165) is 32.1 Å². The Hall–Kier alpha value is -1.26. The Kier molecular flexibility index (Phi) is 8.20. The predicted molar refractivity (Wildman–Crippen MR) is 106 cm³/mol. The highest BCUT2D eigenvalue weighted by atomic mass is 35.5. The first-order valence-corrected chi connectivity index (χ1v) is 10.8. The molecule has 0 unspecified atom stereocenters. The van der Waals surface area contributed by atoms with Crippen molar-refractivity contribution in [3.05, 3.63) is 29.6 Å². The summed E-state index contributed by atoms with van der Waals surface area (Å²) in [6.45, 7) is 6.79. The lowest BCUT2D eigenvalue weighted by Gasteiger charge is -2.34. The van der Waals surface area contributed by atoms with Crippen LogP contribution in [0.2, 0.25) is 0 Å². The number of piperazine rings is 1. The Labute approximate surface area is 171 Å². The number of benzene rings is 1. The van der Waals surface area contributed by atoms with Crippen molar-refractivity contribution in [3.63, 3.8) is 0 Å². The zero-order valence-electron chi connectivity index (χ0n) is 16.0. The van der Waals surface area contributed by atoms with Gasteiger partial charge < -0.3 is 9.64 Å². The van der Waals surface area contributed by atoms with E-state index in [1.807, 2.05) is 0 Å². The second kappa shape index (κ2) is 9.98. The minimum absolute atomic E-state index is 0. The second-order valence-electron chi connectivity index (χ2n) is 6.80. The Bertz CT molecular complexity index is 779. The highest BCUT2D eigenvalue weighted by molar-refractivity contribution is 7.89. The van der Waals surface area contributed by atoms with Gasteiger partial charge >= 0.3 is 0 Å². The standard InChI is InChI=1S/C18H26FN3O4S.ClH/c1-2-5-20-6-8-21(9-7-20)18(23)15-3-4-16(19)17(14-15)27(24,25)22-10-12-26-13-11-22;/h3-4,14H,2,5-13H2,1H3;1H. The van der Waals surface area contributed by atoms with E-state index < -0.39 is 20.7 Å². The van der Waals surface area contributed by atoms with Crippen LogP contribution in [0.5, 0.6) is 0 Å². The largest absolute Gasteiger partial charge is 0.379 e. The number of carbonyl (C=O) groups is 1. The summed E-state index contributed by atoms with van der Waals surface area (Å²) < 4.78 is 46.2. The van der Waals surface area contributed by atoms with E-state index in [2.05, 4.69) is 11.8 Å². The lowest BCUT2D eigenvalue weighted by atomic mass is 10.1. The van der Waals surface area contributed by atoms with Crippen LogP contribution in [0.25, 0.3) is 0 Å². The fourth-order valence-corrected chi connectivity index (χ4v) is 4.93. The van der Waals surface area contributed by atoms with Crippen LogP contribution in [0, 0.1) is 5.82 Å². The van der Waals surface area contributed by atoms with Crippen molar-refractivity contribution in [1.82, 2.24) is 14.1 Å². The third-order valence-corrected chi connectivity index (χ3v) is 6.88. The molecule has 1 aromatic rings. The van der Waals surface area contributed by atoms with Gasteiger partial charge in [-0.05, 0) is 31.2 Å². The lowest BCUT2D eigenvalue weighted by molar-refractivity contribution is 0.0637. The number of halogens is 2. The van der Waals surface area contributed by atoms with Crippen molar-refractivity contribution < 1.29 is 22.3 Å². The van der Waals surface area contributed by atoms with Gasteiger partial charge in [0.05, 0.1) is 13.2 Å². The van der Waals surface area contributed by atoms with Crippen molar-refractivity contribution in [3.8, 4) is 0 Å². The molecule has 2 heterocycles. The van der Waals surface area contributed by atoms with Crippen LogP contribution in [-0.2, 0) is 14.8 Å². The number of nitrogens with zero attached hydrogens (tertiary/aromatic N) is 3. The first kappa shape index (κ1) is 23.0. The molecule has 3 rings (SSSR count). The van der Waals surface area contributed by atoms with E-state index in [-0.39, 0.29) is 50.2 Å². The summed E-state index contributed by atoms with van der Waals surface area (Å²) in [5.41, 5.74) is 0.201. The monoisotopic (exact) mass is 435 g/mol. The zero-order chi connectivity index (χ0) is 19.4. The van der Waals surface area contributed by atoms with Crippen molar-refractivity contribution in [2.75, 3.05) is 59.0 Å². The molecule has 0 radical (unpaired) electrons. The minimum atomic E-state index is -4.00. The van der Waals surface area contributed by atoms with Gasteiger partial charge in [0.25, 0.3) is 5.91 Å². The lowest BCUT2D eigenvalue weighted by Crippen LogP contribution is -2.48. The molecule has 158 valence electrons. The quantitative estimate of drug-likeness (QED) is 0.699. The van der Waals surface area contributed by atoms with Gasteiger partial charge in [0.2, 0.25) is 10.0 Å². The highest BCUT2D eigenvalue weighted by Gasteiger charge is 2.30. The van der Waals surface area contributed by atoms with Crippen LogP contribution in [0.4, 0.5) is 4.39 Å². The second-order valence-corrected chi connectivity index (χ2v) is 8.70. The van der Waals surface area contributed by atoms with Crippen molar-refractivity contribution >= 4 is 28.3 Å². The summed E-state index contributed by atoms with van der Waals surface area (Å²) in [4.78, 5) is 16.3. The van der Waals surface area contributed by atoms with Crippen LogP contribution in [0.1, 0.15) is 23.7 Å². The molecule has 0 bridgehead atoms. The van der Waals surface area contributed by atoms with E-state index in [4.69, 9.17) is 4.74 Å². The van der Waals surface area contributed by atoms with Crippen molar-refractivity contribution in [2.24, 2.45) is 0 Å². The number of amides is 1. The molecule has 2 aliphatic heterocycles. The van der Waals surface area contributed by atoms with Crippen LogP contribution >= 0.6 is 12.4 Å². The Balaban J connectivity index is 0.00000280. The van der Waals surface area contributed by atoms with E-state index in [9.17, 15) is 17.6 Å². The molecule has 0 N–H and O–H groups in total. The summed E-state index contributed by atoms with van der Waals surface area (Å²) >= 11 is 0. The third kappa shape index (κ3) is 5.01. The summed E-state index contributed by atoms with van der Waals surface area (Å²) in [6.07, 6.45) is 1.06. The summed E-state index contributed by atoms with van der Waals surface area (Å²) in [5, 5.41) is 0. The van der Waals surface area contributed by atoms with Crippen LogP contribution in [0.3, 0.4) is 0 Å². The molecule has 2 fully saturated rings. The molecular formula is C18H27ClFN3O4S. The molecule has 0 spiro atoms. The van der Waals surface area contributed by atoms with Crippen LogP contribution < -0.4 is 0 Å². The van der Waals surface area contributed by atoms with E-state index in [0.29, 0.717) is 13.1 Å². The van der Waals surface area contributed by atoms with Gasteiger partial charge in [0, 0.05) is 44.8 Å². The third-order valence-electron chi connectivity index (χ3n) is 4.97. The number of sulfonamides is 1. The van der Waals surface area contributed by atoms with Gasteiger partial charge in [-0.1, -0.05) is 6.92 Å². The molecule has 0 atom stereocenters. The maximum absolute atomic E-state index is 14.3. The molecule has 0 aliphatic carbocycles. The van der Waals surface area contributed by atoms with Crippen molar-refractivity contribution in [1.29, 1.82) is 0 Å². The van der Waals surface area contributed by atoms with Gasteiger partial charge in [0.15, 0.2) is 0 Å². The maximum atomic E-state index is 14.3. The normalized spacial score (nSPS) is 19.3. The SMILES string of the molecule is CCCN1CCN(C(=O)c2ccc(F)c(S(=O)(=O)N3CCOCC3)c2)CC1.Cl. The first-order chi connectivity index (χ1) is 12.9. The topological polar surface area (TPSA) is 70.2 Å². The molecule has 0 saturated carbocycles. The molecular weight excluding hydrogens is 409 g/mol. The fourth-order valence-electron chi connectivity index (χ4n) is 3.43. The number of ether oxygens (including phenoxy) is 1. The number of carbonyl (C=O) groups excluding carboxylic acids is 1. The smallest absolute Gasteiger partial charge is 0.253 e. The van der Waals surface area contributed by atoms with Gasteiger partial charge in [0.1, 0.15) is 10.7 Å². The van der Waals surface area contributed by atoms with Crippen LogP contribution in [-0.4, -0.2) is 87.5 Å². The molecule has 2 aliphatic rings. The summed E-state index contributed by atoms with van der Waals surface area (Å²) in [7, 11) is -4.00. The molecule has 2 saturated heterocycles. The van der Waals surface area contributed by atoms with Crippen molar-refractivity contribution in [2.45, 2.75) is 18.2 Å². The van der Waals surface area contributed by atoms with Gasteiger partial charge in [-0.25, -0.2) is 12.8 Å². The number of rotatable bonds is 5. The Morgan fingerprint density at radius 1 is 1.11 bits per heavy atom. The molecule has 0 aromatic heterocycles. The van der Waals surface area contributed by atoms with Gasteiger partial charge in [-0.2, -0.15) is 4.31 Å². The average Bonchev–Trinajstić information content (AvgIpc) is 2.69. The number of hydrogen-bond acceptors (Lipinski definition) is 5. The van der Waals surface area contributed by atoms with E-state index >= 15 is 0 Å². The summed E-state index contributed by atoms with van der Waals surface area (Å²) in [5.74, 6) is -1.10. The molecule has 1 aromatic carbocycles. The number of hydrogen-bond donors (Lipinski definition) is 0. The first-order valence-electron chi connectivity index (χ1n) is 9.32. The molecule has 28 heavy (non-hydrogen) atoms. The average molecular weight is 436 g/mol. The predicted octanol–water partition coefficient (Wildman–Crippen LogP) is 1.44. The minimum Gasteiger partial charge on any atom is -0.379 e. The van der Waals surface area contributed by atoms with E-state index in [1.165, 1.54) is 16.4 Å². The van der Waals surface area contributed by atoms with Gasteiger partial charge in [-0.3, -0.25) is 9.69 Å².